The van der Waals surface area contributed by atoms with E-state index in [-0.39, 0.29) is 22.1 Å². The van der Waals surface area contributed by atoms with Crippen LogP contribution in [0.3, 0.4) is 0 Å². The summed E-state index contributed by atoms with van der Waals surface area (Å²) in [6.07, 6.45) is 8.48. The molecular formula is C30H35O3S2+. The summed E-state index contributed by atoms with van der Waals surface area (Å²) in [5.74, 6) is 2.53. The van der Waals surface area contributed by atoms with Gasteiger partial charge in [0, 0.05) is 0 Å². The molecule has 0 saturated heterocycles. The Labute approximate surface area is 213 Å². The van der Waals surface area contributed by atoms with Crippen LogP contribution in [0.4, 0.5) is 0 Å². The first-order valence-electron chi connectivity index (χ1n) is 12.7. The third-order valence-electron chi connectivity index (χ3n) is 7.99. The van der Waals surface area contributed by atoms with Crippen molar-refractivity contribution < 1.29 is 13.0 Å². The lowest BCUT2D eigenvalue weighted by molar-refractivity contribution is -0.0542. The Hall–Kier alpha value is -2.08. The van der Waals surface area contributed by atoms with Crippen LogP contribution in [-0.2, 0) is 21.0 Å². The molecule has 4 aliphatic carbocycles. The molecule has 5 heteroatoms. The smallest absolute Gasteiger partial charge is 0.264 e. The van der Waals surface area contributed by atoms with Gasteiger partial charge in [0.15, 0.2) is 14.7 Å². The van der Waals surface area contributed by atoms with E-state index in [1.165, 1.54) is 53.2 Å². The SMILES string of the molecule is O=S(=O)(O)CCC12CC3CC(CC(C3)C1)C2.c1ccc([S+](c2ccccc2)c2ccccc2)cc1. The van der Waals surface area contributed by atoms with Crippen molar-refractivity contribution in [2.45, 2.75) is 59.6 Å². The molecule has 0 radical (unpaired) electrons. The Morgan fingerprint density at radius 1 is 0.657 bits per heavy atom. The van der Waals surface area contributed by atoms with Gasteiger partial charge in [0.05, 0.1) is 16.6 Å². The van der Waals surface area contributed by atoms with Crippen molar-refractivity contribution in [3.05, 3.63) is 91.0 Å². The van der Waals surface area contributed by atoms with E-state index in [0.29, 0.717) is 6.42 Å². The zero-order chi connectivity index (χ0) is 24.3. The first-order chi connectivity index (χ1) is 16.9. The normalized spacial score (nSPS) is 26.9. The zero-order valence-electron chi connectivity index (χ0n) is 20.1. The maximum absolute atomic E-state index is 10.9. The summed E-state index contributed by atoms with van der Waals surface area (Å²) in [7, 11) is -3.78. The summed E-state index contributed by atoms with van der Waals surface area (Å²) < 4.78 is 30.7. The Balaban J connectivity index is 0.000000147. The second kappa shape index (κ2) is 10.5. The molecule has 4 fully saturated rings. The van der Waals surface area contributed by atoms with Crippen LogP contribution in [0.15, 0.2) is 106 Å². The minimum absolute atomic E-state index is 0.0146. The fourth-order valence-electron chi connectivity index (χ4n) is 7.02. The average molecular weight is 508 g/mol. The van der Waals surface area contributed by atoms with E-state index in [4.69, 9.17) is 4.55 Å². The minimum Gasteiger partial charge on any atom is -0.286 e. The van der Waals surface area contributed by atoms with E-state index in [9.17, 15) is 8.42 Å². The predicted octanol–water partition coefficient (Wildman–Crippen LogP) is 7.26. The van der Waals surface area contributed by atoms with Gasteiger partial charge in [-0.25, -0.2) is 0 Å². The Bertz CT molecular complexity index is 1060. The van der Waals surface area contributed by atoms with E-state index < -0.39 is 10.1 Å². The highest BCUT2D eigenvalue weighted by Gasteiger charge is 2.50. The molecule has 0 amide bonds. The molecule has 4 aliphatic rings. The Kier molecular flexibility index (Phi) is 7.38. The molecule has 0 aromatic heterocycles. The maximum Gasteiger partial charge on any atom is 0.264 e. The summed E-state index contributed by atoms with van der Waals surface area (Å²) in [6.45, 7) is 0. The van der Waals surface area contributed by atoms with Gasteiger partial charge in [-0.3, -0.25) is 4.55 Å². The zero-order valence-corrected chi connectivity index (χ0v) is 21.8. The van der Waals surface area contributed by atoms with Gasteiger partial charge in [-0.05, 0) is 105 Å². The molecule has 3 aromatic carbocycles. The molecule has 0 unspecified atom stereocenters. The van der Waals surface area contributed by atoms with Gasteiger partial charge in [-0.2, -0.15) is 8.42 Å². The van der Waals surface area contributed by atoms with Crippen LogP contribution in [0.2, 0.25) is 0 Å². The lowest BCUT2D eigenvalue weighted by Gasteiger charge is -2.57. The number of hydrogen-bond acceptors (Lipinski definition) is 2. The van der Waals surface area contributed by atoms with Crippen molar-refractivity contribution in [1.82, 2.24) is 0 Å². The molecule has 184 valence electrons. The van der Waals surface area contributed by atoms with E-state index in [1.54, 1.807) is 0 Å². The van der Waals surface area contributed by atoms with Crippen molar-refractivity contribution >= 4 is 21.0 Å². The Morgan fingerprint density at radius 2 is 1.00 bits per heavy atom. The monoisotopic (exact) mass is 507 g/mol. The van der Waals surface area contributed by atoms with Crippen LogP contribution in [0, 0.1) is 23.2 Å². The van der Waals surface area contributed by atoms with Crippen LogP contribution < -0.4 is 0 Å². The van der Waals surface area contributed by atoms with Crippen molar-refractivity contribution in [1.29, 1.82) is 0 Å². The molecule has 0 atom stereocenters. The number of hydrogen-bond donors (Lipinski definition) is 1. The molecule has 0 spiro atoms. The molecule has 0 heterocycles. The maximum atomic E-state index is 10.9. The standard InChI is InChI=1S/C18H15S.C12H20O3S/c1-4-10-16(11-5-1)19(17-12-6-2-7-13-17)18-14-8-3-9-15-18;13-16(14,15)2-1-12-6-9-3-10(7-12)5-11(4-9)8-12/h1-15H;9-11H,1-8H2,(H,13,14,15)/q+1;. The van der Waals surface area contributed by atoms with Crippen LogP contribution in [0.25, 0.3) is 0 Å². The summed E-state index contributed by atoms with van der Waals surface area (Å²) >= 11 is 0. The van der Waals surface area contributed by atoms with Crippen LogP contribution in [-0.4, -0.2) is 18.7 Å². The van der Waals surface area contributed by atoms with Crippen LogP contribution in [0.5, 0.6) is 0 Å². The van der Waals surface area contributed by atoms with Crippen LogP contribution in [0.1, 0.15) is 44.9 Å². The summed E-state index contributed by atoms with van der Waals surface area (Å²) in [4.78, 5) is 4.08. The second-order valence-corrected chi connectivity index (χ2v) is 14.3. The van der Waals surface area contributed by atoms with Crippen molar-refractivity contribution in [3.8, 4) is 0 Å². The molecule has 4 saturated carbocycles. The quantitative estimate of drug-likeness (QED) is 0.282. The molecule has 3 nitrogen and oxygen atoms in total. The lowest BCUT2D eigenvalue weighted by atomic mass is 9.49. The van der Waals surface area contributed by atoms with Gasteiger partial charge in [0.2, 0.25) is 0 Å². The van der Waals surface area contributed by atoms with Gasteiger partial charge in [-0.1, -0.05) is 54.6 Å². The van der Waals surface area contributed by atoms with Crippen molar-refractivity contribution in [2.24, 2.45) is 23.2 Å². The van der Waals surface area contributed by atoms with E-state index >= 15 is 0 Å². The molecule has 3 aromatic rings. The van der Waals surface area contributed by atoms with Crippen molar-refractivity contribution in [2.75, 3.05) is 5.75 Å². The molecule has 0 aliphatic heterocycles. The highest BCUT2D eigenvalue weighted by Crippen LogP contribution is 2.61. The molecular weight excluding hydrogens is 472 g/mol. The lowest BCUT2D eigenvalue weighted by Crippen LogP contribution is -2.46. The highest BCUT2D eigenvalue weighted by molar-refractivity contribution is 7.97. The predicted molar refractivity (Wildman–Crippen MR) is 143 cm³/mol. The van der Waals surface area contributed by atoms with E-state index in [0.717, 1.165) is 17.8 Å². The molecule has 4 bridgehead atoms. The van der Waals surface area contributed by atoms with Gasteiger partial charge < -0.3 is 0 Å². The molecule has 1 N–H and O–H groups in total. The average Bonchev–Trinajstić information content (AvgIpc) is 2.84. The number of benzene rings is 3. The summed E-state index contributed by atoms with van der Waals surface area (Å²) in [5, 5.41) is 0. The first-order valence-corrected chi connectivity index (χ1v) is 15.6. The second-order valence-electron chi connectivity index (χ2n) is 10.7. The van der Waals surface area contributed by atoms with E-state index in [1.807, 2.05) is 0 Å². The fourth-order valence-corrected chi connectivity index (χ4v) is 9.82. The largest absolute Gasteiger partial charge is 0.286 e. The van der Waals surface area contributed by atoms with Gasteiger partial charge >= 0.3 is 0 Å². The minimum atomic E-state index is -3.77. The third kappa shape index (κ3) is 6.19. The summed E-state index contributed by atoms with van der Waals surface area (Å²) in [6, 6.07) is 32.2. The fraction of sp³-hybridized carbons (Fsp3) is 0.400. The highest BCUT2D eigenvalue weighted by atomic mass is 32.2. The van der Waals surface area contributed by atoms with Gasteiger partial charge in [0.1, 0.15) is 0 Å². The molecule has 35 heavy (non-hydrogen) atoms. The van der Waals surface area contributed by atoms with E-state index in [2.05, 4.69) is 91.0 Å². The third-order valence-corrected chi connectivity index (χ3v) is 10.9. The Morgan fingerprint density at radius 3 is 1.31 bits per heavy atom. The van der Waals surface area contributed by atoms with Gasteiger partial charge in [0.25, 0.3) is 10.1 Å². The van der Waals surface area contributed by atoms with Gasteiger partial charge in [-0.15, -0.1) is 0 Å². The number of rotatable bonds is 6. The molecule has 7 rings (SSSR count). The van der Waals surface area contributed by atoms with Crippen molar-refractivity contribution in [3.63, 3.8) is 0 Å². The topological polar surface area (TPSA) is 54.4 Å². The first kappa shape index (κ1) is 24.6. The summed E-state index contributed by atoms with van der Waals surface area (Å²) in [5.41, 5.74) is 0.268. The van der Waals surface area contributed by atoms with Crippen LogP contribution >= 0.6 is 0 Å².